The van der Waals surface area contributed by atoms with Crippen LogP contribution in [0, 0.1) is 6.92 Å². The Morgan fingerprint density at radius 3 is 2.72 bits per heavy atom. The number of amides is 2. The Hall–Kier alpha value is -3.16. The molecule has 2 amide bonds. The number of morpholine rings is 1. The van der Waals surface area contributed by atoms with Gasteiger partial charge in [-0.3, -0.25) is 9.59 Å². The van der Waals surface area contributed by atoms with Crippen molar-refractivity contribution < 1.29 is 14.3 Å². The maximum absolute atomic E-state index is 13.4. The SMILES string of the molecule is Cc1cccc2[nH]c(C(=O)N3CCO[C@H](c4c(C(=O)N(C)C)sc5ccccc45)C3)cc12. The number of nitrogens with one attached hydrogen (secondary N) is 1. The van der Waals surface area contributed by atoms with E-state index in [0.29, 0.717) is 30.3 Å². The van der Waals surface area contributed by atoms with Gasteiger partial charge in [-0.2, -0.15) is 0 Å². The summed E-state index contributed by atoms with van der Waals surface area (Å²) in [4.78, 5) is 33.7. The zero-order chi connectivity index (χ0) is 22.4. The van der Waals surface area contributed by atoms with Gasteiger partial charge in [0.15, 0.2) is 0 Å². The number of aromatic nitrogens is 1. The average molecular weight is 448 g/mol. The number of aromatic amines is 1. The first-order valence-electron chi connectivity index (χ1n) is 10.7. The van der Waals surface area contributed by atoms with Crippen molar-refractivity contribution in [3.8, 4) is 0 Å². The van der Waals surface area contributed by atoms with Gasteiger partial charge in [-0.05, 0) is 36.1 Å². The van der Waals surface area contributed by atoms with Crippen molar-refractivity contribution in [1.29, 1.82) is 0 Å². The lowest BCUT2D eigenvalue weighted by molar-refractivity contribution is -0.0224. The van der Waals surface area contributed by atoms with Crippen LogP contribution in [0.5, 0.6) is 0 Å². The number of benzene rings is 2. The number of thiophene rings is 1. The summed E-state index contributed by atoms with van der Waals surface area (Å²) in [5.41, 5.74) is 3.55. The van der Waals surface area contributed by atoms with Crippen LogP contribution in [0.4, 0.5) is 0 Å². The molecule has 1 fully saturated rings. The van der Waals surface area contributed by atoms with Crippen LogP contribution in [0.3, 0.4) is 0 Å². The molecule has 0 spiro atoms. The monoisotopic (exact) mass is 447 g/mol. The van der Waals surface area contributed by atoms with E-state index in [2.05, 4.69) is 4.98 Å². The Morgan fingerprint density at radius 2 is 1.94 bits per heavy atom. The minimum atomic E-state index is -0.353. The molecule has 32 heavy (non-hydrogen) atoms. The van der Waals surface area contributed by atoms with Gasteiger partial charge in [0.05, 0.1) is 18.0 Å². The first kappa shape index (κ1) is 20.7. The number of H-pyrrole nitrogens is 1. The average Bonchev–Trinajstić information content (AvgIpc) is 3.41. The molecule has 1 saturated heterocycles. The van der Waals surface area contributed by atoms with E-state index in [1.165, 1.54) is 11.3 Å². The molecular formula is C25H25N3O3S. The van der Waals surface area contributed by atoms with E-state index in [9.17, 15) is 9.59 Å². The van der Waals surface area contributed by atoms with Crippen LogP contribution >= 0.6 is 11.3 Å². The normalized spacial score (nSPS) is 16.6. The molecule has 1 atom stereocenters. The highest BCUT2D eigenvalue weighted by Gasteiger charge is 2.32. The number of aryl methyl sites for hydroxylation is 1. The maximum Gasteiger partial charge on any atom is 0.270 e. The van der Waals surface area contributed by atoms with Gasteiger partial charge in [0, 0.05) is 41.8 Å². The first-order chi connectivity index (χ1) is 15.4. The first-order valence-corrected chi connectivity index (χ1v) is 11.5. The van der Waals surface area contributed by atoms with Gasteiger partial charge < -0.3 is 19.5 Å². The second kappa shape index (κ2) is 8.07. The third-order valence-corrected chi connectivity index (χ3v) is 7.20. The highest BCUT2D eigenvalue weighted by molar-refractivity contribution is 7.21. The Bertz CT molecular complexity index is 1340. The Morgan fingerprint density at radius 1 is 1.12 bits per heavy atom. The third kappa shape index (κ3) is 3.47. The molecule has 5 rings (SSSR count). The number of fused-ring (bicyclic) bond motifs is 2. The second-order valence-electron chi connectivity index (χ2n) is 8.37. The van der Waals surface area contributed by atoms with E-state index in [1.807, 2.05) is 60.4 Å². The van der Waals surface area contributed by atoms with Crippen molar-refractivity contribution in [2.75, 3.05) is 33.8 Å². The van der Waals surface area contributed by atoms with Crippen LogP contribution in [0.1, 0.15) is 37.4 Å². The lowest BCUT2D eigenvalue weighted by atomic mass is 10.0. The van der Waals surface area contributed by atoms with E-state index in [0.717, 1.165) is 32.1 Å². The minimum Gasteiger partial charge on any atom is -0.370 e. The highest BCUT2D eigenvalue weighted by atomic mass is 32.1. The number of nitrogens with zero attached hydrogens (tertiary/aromatic N) is 2. The van der Waals surface area contributed by atoms with Crippen LogP contribution < -0.4 is 0 Å². The number of ether oxygens (including phenoxy) is 1. The van der Waals surface area contributed by atoms with Gasteiger partial charge in [-0.15, -0.1) is 11.3 Å². The zero-order valence-corrected chi connectivity index (χ0v) is 19.2. The Kier molecular flexibility index (Phi) is 5.23. The third-order valence-electron chi connectivity index (χ3n) is 6.02. The van der Waals surface area contributed by atoms with Gasteiger partial charge in [0.1, 0.15) is 11.8 Å². The number of rotatable bonds is 3. The molecule has 0 bridgehead atoms. The van der Waals surface area contributed by atoms with Crippen molar-refractivity contribution in [2.45, 2.75) is 13.0 Å². The molecule has 4 aromatic rings. The van der Waals surface area contributed by atoms with Crippen molar-refractivity contribution >= 4 is 44.1 Å². The van der Waals surface area contributed by atoms with E-state index in [4.69, 9.17) is 4.74 Å². The summed E-state index contributed by atoms with van der Waals surface area (Å²) in [5.74, 6) is -0.0896. The minimum absolute atomic E-state index is 0.0423. The summed E-state index contributed by atoms with van der Waals surface area (Å²) in [7, 11) is 3.51. The largest absolute Gasteiger partial charge is 0.370 e. The van der Waals surface area contributed by atoms with Crippen molar-refractivity contribution in [2.24, 2.45) is 0 Å². The predicted molar refractivity (Wildman–Crippen MR) is 127 cm³/mol. The van der Waals surface area contributed by atoms with Crippen molar-refractivity contribution in [1.82, 2.24) is 14.8 Å². The molecule has 1 aliphatic heterocycles. The summed E-state index contributed by atoms with van der Waals surface area (Å²) in [6.45, 7) is 3.39. The number of carbonyl (C=O) groups is 2. The van der Waals surface area contributed by atoms with E-state index in [1.54, 1.807) is 19.0 Å². The van der Waals surface area contributed by atoms with Crippen molar-refractivity contribution in [3.63, 3.8) is 0 Å². The lowest BCUT2D eigenvalue weighted by Gasteiger charge is -2.33. The van der Waals surface area contributed by atoms with Gasteiger partial charge in [-0.1, -0.05) is 30.3 Å². The lowest BCUT2D eigenvalue weighted by Crippen LogP contribution is -2.42. The van der Waals surface area contributed by atoms with Gasteiger partial charge in [-0.25, -0.2) is 0 Å². The second-order valence-corrected chi connectivity index (χ2v) is 9.42. The van der Waals surface area contributed by atoms with Crippen LogP contribution in [-0.2, 0) is 4.74 Å². The van der Waals surface area contributed by atoms with Gasteiger partial charge in [0.2, 0.25) is 0 Å². The summed E-state index contributed by atoms with van der Waals surface area (Å²) < 4.78 is 7.17. The van der Waals surface area contributed by atoms with E-state index < -0.39 is 0 Å². The molecule has 6 nitrogen and oxygen atoms in total. The molecule has 0 aliphatic carbocycles. The fourth-order valence-electron chi connectivity index (χ4n) is 4.35. The number of hydrogen-bond donors (Lipinski definition) is 1. The summed E-state index contributed by atoms with van der Waals surface area (Å²) in [6.07, 6.45) is -0.353. The molecule has 0 unspecified atom stereocenters. The highest BCUT2D eigenvalue weighted by Crippen LogP contribution is 2.39. The molecule has 7 heteroatoms. The van der Waals surface area contributed by atoms with Crippen LogP contribution in [-0.4, -0.2) is 60.4 Å². The molecule has 3 heterocycles. The van der Waals surface area contributed by atoms with Crippen LogP contribution in [0.25, 0.3) is 21.0 Å². The number of hydrogen-bond acceptors (Lipinski definition) is 4. The Balaban J connectivity index is 1.49. The van der Waals surface area contributed by atoms with E-state index in [-0.39, 0.29) is 17.9 Å². The summed E-state index contributed by atoms with van der Waals surface area (Å²) in [6, 6.07) is 15.9. The maximum atomic E-state index is 13.4. The molecule has 1 aliphatic rings. The molecular weight excluding hydrogens is 422 g/mol. The van der Waals surface area contributed by atoms with Crippen molar-refractivity contribution in [3.05, 3.63) is 70.2 Å². The smallest absolute Gasteiger partial charge is 0.270 e. The predicted octanol–water partition coefficient (Wildman–Crippen LogP) is 4.61. The topological polar surface area (TPSA) is 65.6 Å². The molecule has 2 aromatic carbocycles. The molecule has 1 N–H and O–H groups in total. The summed E-state index contributed by atoms with van der Waals surface area (Å²) >= 11 is 1.48. The summed E-state index contributed by atoms with van der Waals surface area (Å²) in [5, 5.41) is 2.08. The Labute approximate surface area is 190 Å². The molecule has 0 radical (unpaired) electrons. The van der Waals surface area contributed by atoms with Gasteiger partial charge in [0.25, 0.3) is 11.8 Å². The zero-order valence-electron chi connectivity index (χ0n) is 18.3. The molecule has 0 saturated carbocycles. The quantitative estimate of drug-likeness (QED) is 0.499. The van der Waals surface area contributed by atoms with Crippen LogP contribution in [0.2, 0.25) is 0 Å². The van der Waals surface area contributed by atoms with Crippen LogP contribution in [0.15, 0.2) is 48.5 Å². The number of carbonyl (C=O) groups excluding carboxylic acids is 2. The van der Waals surface area contributed by atoms with Gasteiger partial charge >= 0.3 is 0 Å². The van der Waals surface area contributed by atoms with E-state index >= 15 is 0 Å². The fourth-order valence-corrected chi connectivity index (χ4v) is 5.62. The molecule has 2 aromatic heterocycles. The standard InChI is InChI=1S/C25H25N3O3S/c1-15-7-6-9-18-17(15)13-19(26-18)24(29)28-11-12-31-20(14-28)22-16-8-4-5-10-21(16)32-23(22)25(30)27(2)3/h4-10,13,20,26H,11-12,14H2,1-3H3/t20-/m0/s1. The fraction of sp³-hybridized carbons (Fsp3) is 0.280. The molecule has 164 valence electrons.